The SMILES string of the molecule is NC(=O)N1CCCc2cc(I)cnc21. The molecular weight excluding hydrogens is 293 g/mol. The third-order valence-electron chi connectivity index (χ3n) is 2.26. The predicted octanol–water partition coefficient (Wildman–Crippen LogP) is 1.52. The minimum atomic E-state index is -0.417. The molecule has 1 aliphatic rings. The number of rotatable bonds is 0. The van der Waals surface area contributed by atoms with Crippen molar-refractivity contribution in [2.45, 2.75) is 12.8 Å². The molecule has 0 radical (unpaired) electrons. The van der Waals surface area contributed by atoms with Gasteiger partial charge in [-0.25, -0.2) is 9.78 Å². The van der Waals surface area contributed by atoms with Gasteiger partial charge < -0.3 is 5.73 Å². The minimum absolute atomic E-state index is 0.417. The Bertz CT molecular complexity index is 380. The lowest BCUT2D eigenvalue weighted by Crippen LogP contribution is -2.40. The van der Waals surface area contributed by atoms with Gasteiger partial charge in [0.1, 0.15) is 5.82 Å². The molecule has 2 N–H and O–H groups in total. The first-order chi connectivity index (χ1) is 6.68. The van der Waals surface area contributed by atoms with Crippen LogP contribution in [-0.4, -0.2) is 17.6 Å². The van der Waals surface area contributed by atoms with Crippen LogP contribution in [0.15, 0.2) is 12.3 Å². The molecule has 2 amide bonds. The second kappa shape index (κ2) is 3.72. The van der Waals surface area contributed by atoms with Gasteiger partial charge in [0.2, 0.25) is 0 Å². The number of fused-ring (bicyclic) bond motifs is 1. The van der Waals surface area contributed by atoms with E-state index in [2.05, 4.69) is 33.6 Å². The van der Waals surface area contributed by atoms with E-state index >= 15 is 0 Å². The monoisotopic (exact) mass is 303 g/mol. The molecule has 2 heterocycles. The zero-order valence-electron chi connectivity index (χ0n) is 7.53. The quantitative estimate of drug-likeness (QED) is 0.739. The number of halogens is 1. The summed E-state index contributed by atoms with van der Waals surface area (Å²) in [5, 5.41) is 0. The van der Waals surface area contributed by atoms with Crippen LogP contribution in [-0.2, 0) is 6.42 Å². The lowest BCUT2D eigenvalue weighted by atomic mass is 10.1. The molecule has 4 nitrogen and oxygen atoms in total. The van der Waals surface area contributed by atoms with Crippen LogP contribution >= 0.6 is 22.6 Å². The van der Waals surface area contributed by atoms with E-state index in [0.29, 0.717) is 6.54 Å². The Hall–Kier alpha value is -0.850. The van der Waals surface area contributed by atoms with E-state index in [9.17, 15) is 4.79 Å². The number of amides is 2. The number of primary amides is 1. The van der Waals surface area contributed by atoms with Gasteiger partial charge in [-0.05, 0) is 47.1 Å². The number of pyridine rings is 1. The van der Waals surface area contributed by atoms with Crippen LogP contribution in [0.2, 0.25) is 0 Å². The minimum Gasteiger partial charge on any atom is -0.351 e. The standard InChI is InChI=1S/C9H10IN3O/c10-7-4-6-2-1-3-13(9(11)14)8(6)12-5-7/h4-5H,1-3H2,(H2,11,14). The molecule has 0 aliphatic carbocycles. The number of aromatic nitrogens is 1. The second-order valence-corrected chi connectivity index (χ2v) is 4.48. The number of carbonyl (C=O) groups excluding carboxylic acids is 1. The number of hydrogen-bond donors (Lipinski definition) is 1. The summed E-state index contributed by atoms with van der Waals surface area (Å²) >= 11 is 2.21. The van der Waals surface area contributed by atoms with Crippen LogP contribution in [0.4, 0.5) is 10.6 Å². The number of urea groups is 1. The molecular formula is C9H10IN3O. The summed E-state index contributed by atoms with van der Waals surface area (Å²) < 4.78 is 1.09. The Labute approximate surface area is 95.6 Å². The average molecular weight is 303 g/mol. The number of hydrogen-bond acceptors (Lipinski definition) is 2. The van der Waals surface area contributed by atoms with Gasteiger partial charge in [-0.1, -0.05) is 0 Å². The summed E-state index contributed by atoms with van der Waals surface area (Å²) in [4.78, 5) is 16.9. The van der Waals surface area contributed by atoms with Gasteiger partial charge >= 0.3 is 6.03 Å². The Kier molecular flexibility index (Phi) is 2.58. The maximum Gasteiger partial charge on any atom is 0.320 e. The van der Waals surface area contributed by atoms with Gasteiger partial charge in [0.25, 0.3) is 0 Å². The van der Waals surface area contributed by atoms with Crippen LogP contribution in [0.25, 0.3) is 0 Å². The number of carbonyl (C=O) groups is 1. The first-order valence-corrected chi connectivity index (χ1v) is 5.48. The van der Waals surface area contributed by atoms with Crippen LogP contribution < -0.4 is 10.6 Å². The fraction of sp³-hybridized carbons (Fsp3) is 0.333. The van der Waals surface area contributed by atoms with E-state index in [1.54, 1.807) is 6.20 Å². The largest absolute Gasteiger partial charge is 0.351 e. The van der Waals surface area contributed by atoms with Crippen LogP contribution in [0, 0.1) is 3.57 Å². The van der Waals surface area contributed by atoms with Crippen molar-refractivity contribution in [3.8, 4) is 0 Å². The molecule has 0 aromatic carbocycles. The van der Waals surface area contributed by atoms with Gasteiger partial charge in [0, 0.05) is 16.3 Å². The van der Waals surface area contributed by atoms with E-state index in [1.807, 2.05) is 0 Å². The molecule has 1 aromatic heterocycles. The van der Waals surface area contributed by atoms with E-state index < -0.39 is 6.03 Å². The summed E-state index contributed by atoms with van der Waals surface area (Å²) in [5.41, 5.74) is 6.38. The van der Waals surface area contributed by atoms with Crippen molar-refractivity contribution in [1.29, 1.82) is 0 Å². The smallest absolute Gasteiger partial charge is 0.320 e. The molecule has 74 valence electrons. The van der Waals surface area contributed by atoms with Gasteiger partial charge in [-0.3, -0.25) is 4.90 Å². The molecule has 0 unspecified atom stereocenters. The van der Waals surface area contributed by atoms with Crippen molar-refractivity contribution in [1.82, 2.24) is 4.98 Å². The summed E-state index contributed by atoms with van der Waals surface area (Å²) in [7, 11) is 0. The third kappa shape index (κ3) is 1.68. The van der Waals surface area contributed by atoms with Gasteiger partial charge in [0.15, 0.2) is 0 Å². The average Bonchev–Trinajstić information content (AvgIpc) is 2.16. The first kappa shape index (κ1) is 9.70. The normalized spacial score (nSPS) is 15.1. The lowest BCUT2D eigenvalue weighted by Gasteiger charge is -2.26. The van der Waals surface area contributed by atoms with Gasteiger partial charge in [0.05, 0.1) is 0 Å². The highest BCUT2D eigenvalue weighted by Gasteiger charge is 2.21. The van der Waals surface area contributed by atoms with Crippen LogP contribution in [0.3, 0.4) is 0 Å². The van der Waals surface area contributed by atoms with Crippen molar-refractivity contribution >= 4 is 34.4 Å². The lowest BCUT2D eigenvalue weighted by molar-refractivity contribution is 0.253. The Morgan fingerprint density at radius 1 is 1.64 bits per heavy atom. The molecule has 0 bridgehead atoms. The molecule has 0 spiro atoms. The van der Waals surface area contributed by atoms with Crippen molar-refractivity contribution < 1.29 is 4.79 Å². The van der Waals surface area contributed by atoms with Crippen LogP contribution in [0.1, 0.15) is 12.0 Å². The zero-order valence-corrected chi connectivity index (χ0v) is 9.69. The topological polar surface area (TPSA) is 59.2 Å². The maximum absolute atomic E-state index is 11.1. The molecule has 0 atom stereocenters. The van der Waals surface area contributed by atoms with E-state index in [-0.39, 0.29) is 0 Å². The molecule has 1 aliphatic heterocycles. The Morgan fingerprint density at radius 2 is 2.43 bits per heavy atom. The summed E-state index contributed by atoms with van der Waals surface area (Å²) in [6.07, 6.45) is 3.68. The molecule has 14 heavy (non-hydrogen) atoms. The van der Waals surface area contributed by atoms with Crippen molar-refractivity contribution in [2.75, 3.05) is 11.4 Å². The fourth-order valence-corrected chi connectivity index (χ4v) is 2.16. The predicted molar refractivity (Wildman–Crippen MR) is 62.2 cm³/mol. The number of anilines is 1. The Morgan fingerprint density at radius 3 is 3.14 bits per heavy atom. The summed E-state index contributed by atoms with van der Waals surface area (Å²) in [5.74, 6) is 0.726. The molecule has 0 fully saturated rings. The first-order valence-electron chi connectivity index (χ1n) is 4.40. The highest BCUT2D eigenvalue weighted by atomic mass is 127. The molecule has 0 saturated carbocycles. The van der Waals surface area contributed by atoms with Crippen molar-refractivity contribution in [3.05, 3.63) is 21.4 Å². The van der Waals surface area contributed by atoms with E-state index in [0.717, 1.165) is 27.8 Å². The van der Waals surface area contributed by atoms with Crippen molar-refractivity contribution in [3.63, 3.8) is 0 Å². The summed E-state index contributed by atoms with van der Waals surface area (Å²) in [6.45, 7) is 0.677. The molecule has 1 aromatic rings. The molecule has 2 rings (SSSR count). The van der Waals surface area contributed by atoms with E-state index in [1.165, 1.54) is 4.90 Å². The summed E-state index contributed by atoms with van der Waals surface area (Å²) in [6, 6.07) is 1.64. The van der Waals surface area contributed by atoms with Crippen molar-refractivity contribution in [2.24, 2.45) is 5.73 Å². The number of aryl methyl sites for hydroxylation is 1. The molecule has 5 heteroatoms. The van der Waals surface area contributed by atoms with Gasteiger partial charge in [-0.2, -0.15) is 0 Å². The van der Waals surface area contributed by atoms with E-state index in [4.69, 9.17) is 5.73 Å². The second-order valence-electron chi connectivity index (χ2n) is 3.23. The highest BCUT2D eigenvalue weighted by molar-refractivity contribution is 14.1. The van der Waals surface area contributed by atoms with Gasteiger partial charge in [-0.15, -0.1) is 0 Å². The molecule has 0 saturated heterocycles. The third-order valence-corrected chi connectivity index (χ3v) is 2.85. The number of nitrogens with two attached hydrogens (primary N) is 1. The van der Waals surface area contributed by atoms with Crippen LogP contribution in [0.5, 0.6) is 0 Å². The number of nitrogens with zero attached hydrogens (tertiary/aromatic N) is 2. The zero-order chi connectivity index (χ0) is 10.1. The Balaban J connectivity index is 2.44. The highest BCUT2D eigenvalue weighted by Crippen LogP contribution is 2.25. The fourth-order valence-electron chi connectivity index (χ4n) is 1.65. The maximum atomic E-state index is 11.1.